The molecule has 0 saturated heterocycles. The average molecular weight is 260 g/mol. The second kappa shape index (κ2) is 4.16. The van der Waals surface area contributed by atoms with E-state index in [4.69, 9.17) is 4.74 Å². The number of phenolic OH excluding ortho intramolecular Hbond substituents is 1. The lowest BCUT2D eigenvalue weighted by Crippen LogP contribution is -2.32. The number of hydrogen-bond donors (Lipinski definition) is 1. The molecule has 4 atom stereocenters. The maximum atomic E-state index is 9.72. The van der Waals surface area contributed by atoms with Crippen LogP contribution in [0.15, 0.2) is 18.2 Å². The summed E-state index contributed by atoms with van der Waals surface area (Å²) in [6, 6.07) is 5.87. The normalized spacial score (nSPS) is 35.6. The van der Waals surface area contributed by atoms with Gasteiger partial charge in [-0.15, -0.1) is 0 Å². The first-order valence-corrected chi connectivity index (χ1v) is 7.32. The smallest absolute Gasteiger partial charge is 0.160 e. The van der Waals surface area contributed by atoms with Crippen LogP contribution in [0.3, 0.4) is 0 Å². The van der Waals surface area contributed by atoms with Crippen LogP contribution in [0.1, 0.15) is 45.1 Å². The summed E-state index contributed by atoms with van der Waals surface area (Å²) >= 11 is 0. The molecule has 0 amide bonds. The maximum absolute atomic E-state index is 9.72. The fourth-order valence-electron chi connectivity index (χ4n) is 4.46. The minimum Gasteiger partial charge on any atom is -0.504 e. The first kappa shape index (κ1) is 12.8. The predicted octanol–water partition coefficient (Wildman–Crippen LogP) is 4.19. The largest absolute Gasteiger partial charge is 0.504 e. The van der Waals surface area contributed by atoms with E-state index < -0.39 is 0 Å². The third-order valence-corrected chi connectivity index (χ3v) is 6.11. The van der Waals surface area contributed by atoms with Crippen LogP contribution >= 0.6 is 0 Å². The van der Waals surface area contributed by atoms with Crippen LogP contribution < -0.4 is 4.74 Å². The molecule has 1 aromatic carbocycles. The van der Waals surface area contributed by atoms with Crippen LogP contribution in [0.4, 0.5) is 0 Å². The lowest BCUT2D eigenvalue weighted by Gasteiger charge is -2.40. The van der Waals surface area contributed by atoms with Crippen LogP contribution in [0.25, 0.3) is 0 Å². The monoisotopic (exact) mass is 260 g/mol. The van der Waals surface area contributed by atoms with E-state index in [-0.39, 0.29) is 5.75 Å². The van der Waals surface area contributed by atoms with Crippen molar-refractivity contribution in [1.29, 1.82) is 0 Å². The van der Waals surface area contributed by atoms with Gasteiger partial charge in [0.1, 0.15) is 0 Å². The summed E-state index contributed by atoms with van der Waals surface area (Å²) in [5, 5.41) is 9.72. The topological polar surface area (TPSA) is 29.5 Å². The Labute approximate surface area is 115 Å². The van der Waals surface area contributed by atoms with Gasteiger partial charge in [-0.2, -0.15) is 0 Å². The molecule has 0 radical (unpaired) electrons. The summed E-state index contributed by atoms with van der Waals surface area (Å²) in [6.07, 6.45) is 2.65. The molecular weight excluding hydrogens is 236 g/mol. The molecule has 1 aromatic rings. The molecule has 19 heavy (non-hydrogen) atoms. The second-order valence-corrected chi connectivity index (χ2v) is 6.98. The van der Waals surface area contributed by atoms with Crippen LogP contribution in [-0.2, 0) is 0 Å². The van der Waals surface area contributed by atoms with Gasteiger partial charge >= 0.3 is 0 Å². The Morgan fingerprint density at radius 3 is 2.58 bits per heavy atom. The molecule has 0 aliphatic heterocycles. The molecule has 0 heterocycles. The molecular formula is C17H24O2. The van der Waals surface area contributed by atoms with Crippen molar-refractivity contribution < 1.29 is 9.84 Å². The number of ether oxygens (including phenoxy) is 1. The summed E-state index contributed by atoms with van der Waals surface area (Å²) in [7, 11) is 1.62. The number of methoxy groups -OCH3 is 1. The first-order valence-electron chi connectivity index (χ1n) is 7.32. The number of hydrogen-bond acceptors (Lipinski definition) is 2. The molecule has 2 nitrogen and oxygen atoms in total. The van der Waals surface area contributed by atoms with E-state index >= 15 is 0 Å². The Balaban J connectivity index is 1.90. The van der Waals surface area contributed by atoms with Gasteiger partial charge in [-0.25, -0.2) is 0 Å². The number of aromatic hydroxyl groups is 1. The fourth-order valence-corrected chi connectivity index (χ4v) is 4.46. The highest BCUT2D eigenvalue weighted by molar-refractivity contribution is 5.43. The maximum Gasteiger partial charge on any atom is 0.160 e. The molecule has 0 aromatic heterocycles. The predicted molar refractivity (Wildman–Crippen MR) is 76.6 cm³/mol. The Morgan fingerprint density at radius 2 is 2.00 bits per heavy atom. The van der Waals surface area contributed by atoms with Crippen LogP contribution in [-0.4, -0.2) is 12.2 Å². The zero-order valence-corrected chi connectivity index (χ0v) is 12.3. The second-order valence-electron chi connectivity index (χ2n) is 6.98. The zero-order chi connectivity index (χ0) is 13.8. The van der Waals surface area contributed by atoms with Gasteiger partial charge in [-0.3, -0.25) is 0 Å². The van der Waals surface area contributed by atoms with Gasteiger partial charge in [0.05, 0.1) is 7.11 Å². The van der Waals surface area contributed by atoms with Gasteiger partial charge in [0.15, 0.2) is 11.5 Å². The van der Waals surface area contributed by atoms with Crippen molar-refractivity contribution in [3.8, 4) is 11.5 Å². The van der Waals surface area contributed by atoms with Crippen molar-refractivity contribution in [2.75, 3.05) is 7.11 Å². The van der Waals surface area contributed by atoms with Crippen molar-refractivity contribution in [1.82, 2.24) is 0 Å². The zero-order valence-electron chi connectivity index (χ0n) is 12.3. The number of phenols is 1. The van der Waals surface area contributed by atoms with Crippen LogP contribution in [0.2, 0.25) is 0 Å². The van der Waals surface area contributed by atoms with Crippen molar-refractivity contribution in [3.63, 3.8) is 0 Å². The Bertz CT molecular complexity index is 488. The summed E-state index contributed by atoms with van der Waals surface area (Å²) < 4.78 is 5.24. The lowest BCUT2D eigenvalue weighted by molar-refractivity contribution is 0.122. The standard InChI is InChI=1S/C17H24O2/c1-10-13-8-12(17(10,2)3)9-14(13)11-5-6-15(18)16(7-11)19-4/h5-7,10,12-14,18H,8-9H2,1-4H3. The molecule has 1 N–H and O–H groups in total. The molecule has 2 saturated carbocycles. The van der Waals surface area contributed by atoms with E-state index in [0.29, 0.717) is 17.1 Å². The Hall–Kier alpha value is -1.18. The molecule has 0 spiro atoms. The van der Waals surface area contributed by atoms with Crippen molar-refractivity contribution in [3.05, 3.63) is 23.8 Å². The van der Waals surface area contributed by atoms with E-state index in [1.54, 1.807) is 13.2 Å². The summed E-state index contributed by atoms with van der Waals surface area (Å²) in [5.74, 6) is 3.89. The molecule has 2 fully saturated rings. The van der Waals surface area contributed by atoms with Crippen molar-refractivity contribution in [2.45, 2.75) is 39.5 Å². The molecule has 2 aliphatic rings. The highest BCUT2D eigenvalue weighted by Gasteiger charge is 2.55. The molecule has 4 unspecified atom stereocenters. The van der Waals surface area contributed by atoms with Crippen LogP contribution in [0, 0.1) is 23.2 Å². The van der Waals surface area contributed by atoms with E-state index in [1.807, 2.05) is 6.07 Å². The lowest BCUT2D eigenvalue weighted by atomic mass is 9.65. The third kappa shape index (κ3) is 1.76. The van der Waals surface area contributed by atoms with Gasteiger partial charge < -0.3 is 9.84 Å². The van der Waals surface area contributed by atoms with E-state index in [2.05, 4.69) is 26.8 Å². The summed E-state index contributed by atoms with van der Waals surface area (Å²) in [6.45, 7) is 7.26. The van der Waals surface area contributed by atoms with Crippen LogP contribution in [0.5, 0.6) is 11.5 Å². The van der Waals surface area contributed by atoms with Gasteiger partial charge in [0.25, 0.3) is 0 Å². The SMILES string of the molecule is COc1cc(C2CC3CC2C(C)C3(C)C)ccc1O. The average Bonchev–Trinajstić information content (AvgIpc) is 2.90. The minimum absolute atomic E-state index is 0.239. The number of benzene rings is 1. The highest BCUT2D eigenvalue weighted by atomic mass is 16.5. The van der Waals surface area contributed by atoms with E-state index in [0.717, 1.165) is 17.8 Å². The Kier molecular flexibility index (Phi) is 2.81. The number of fused-ring (bicyclic) bond motifs is 2. The highest BCUT2D eigenvalue weighted by Crippen LogP contribution is 2.64. The van der Waals surface area contributed by atoms with Crippen molar-refractivity contribution in [2.24, 2.45) is 23.2 Å². The molecule has 2 heteroatoms. The van der Waals surface area contributed by atoms with Gasteiger partial charge in [-0.05, 0) is 59.6 Å². The molecule has 3 rings (SSSR count). The van der Waals surface area contributed by atoms with Gasteiger partial charge in [0.2, 0.25) is 0 Å². The first-order chi connectivity index (χ1) is 8.95. The van der Waals surface area contributed by atoms with Gasteiger partial charge in [-0.1, -0.05) is 26.8 Å². The third-order valence-electron chi connectivity index (χ3n) is 6.11. The molecule has 2 bridgehead atoms. The summed E-state index contributed by atoms with van der Waals surface area (Å²) in [4.78, 5) is 0. The molecule has 2 aliphatic carbocycles. The molecule has 104 valence electrons. The van der Waals surface area contributed by atoms with E-state index in [9.17, 15) is 5.11 Å². The number of rotatable bonds is 2. The van der Waals surface area contributed by atoms with E-state index in [1.165, 1.54) is 18.4 Å². The fraction of sp³-hybridized carbons (Fsp3) is 0.647. The summed E-state index contributed by atoms with van der Waals surface area (Å²) in [5.41, 5.74) is 1.83. The van der Waals surface area contributed by atoms with Crippen molar-refractivity contribution >= 4 is 0 Å². The minimum atomic E-state index is 0.239. The Morgan fingerprint density at radius 1 is 1.26 bits per heavy atom. The van der Waals surface area contributed by atoms with Gasteiger partial charge in [0, 0.05) is 0 Å². The quantitative estimate of drug-likeness (QED) is 0.864.